The van der Waals surface area contributed by atoms with Gasteiger partial charge in [-0.15, -0.1) is 16.4 Å². The fourth-order valence-electron chi connectivity index (χ4n) is 3.16. The van der Waals surface area contributed by atoms with E-state index in [0.717, 1.165) is 36.2 Å². The number of hydrogen-bond donors (Lipinski definition) is 2. The molecule has 3 aromatic heterocycles. The highest BCUT2D eigenvalue weighted by Crippen LogP contribution is 2.28. The lowest BCUT2D eigenvalue weighted by Gasteiger charge is -2.26. The van der Waals surface area contributed by atoms with E-state index in [1.165, 1.54) is 11.3 Å². The van der Waals surface area contributed by atoms with Crippen molar-refractivity contribution < 1.29 is 14.6 Å². The molecule has 3 aromatic rings. The zero-order valence-corrected chi connectivity index (χ0v) is 15.0. The summed E-state index contributed by atoms with van der Waals surface area (Å²) in [5.74, 6) is 0.135. The molecule has 0 atom stereocenters. The summed E-state index contributed by atoms with van der Waals surface area (Å²) in [5, 5.41) is 19.0. The van der Waals surface area contributed by atoms with Crippen LogP contribution in [-0.2, 0) is 6.61 Å². The number of rotatable bonds is 5. The van der Waals surface area contributed by atoms with Gasteiger partial charge in [0.05, 0.1) is 11.8 Å². The molecule has 1 saturated carbocycles. The van der Waals surface area contributed by atoms with E-state index >= 15 is 0 Å². The number of fused-ring (bicyclic) bond motifs is 1. The van der Waals surface area contributed by atoms with E-state index < -0.39 is 0 Å². The number of carbonyl (C=O) groups excluding carboxylic acids is 1. The topological polar surface area (TPSA) is 88.8 Å². The predicted molar refractivity (Wildman–Crippen MR) is 97.4 cm³/mol. The molecule has 1 aliphatic carbocycles. The average molecular weight is 372 g/mol. The van der Waals surface area contributed by atoms with Gasteiger partial charge in [-0.1, -0.05) is 6.07 Å². The first kappa shape index (κ1) is 17.0. The summed E-state index contributed by atoms with van der Waals surface area (Å²) in [4.78, 5) is 17.9. The van der Waals surface area contributed by atoms with Crippen molar-refractivity contribution in [1.82, 2.24) is 19.9 Å². The number of hydrogen-bond acceptors (Lipinski definition) is 6. The third-order valence-electron chi connectivity index (χ3n) is 4.56. The van der Waals surface area contributed by atoms with Crippen molar-refractivity contribution in [1.29, 1.82) is 0 Å². The molecular weight excluding hydrogens is 352 g/mol. The Morgan fingerprint density at radius 1 is 1.35 bits per heavy atom. The number of aromatic nitrogens is 3. The normalized spacial score (nSPS) is 20.2. The molecule has 7 nitrogen and oxygen atoms in total. The molecule has 0 aromatic carbocycles. The van der Waals surface area contributed by atoms with Crippen molar-refractivity contribution in [3.8, 4) is 5.88 Å². The monoisotopic (exact) mass is 372 g/mol. The highest BCUT2D eigenvalue weighted by atomic mass is 32.1. The minimum Gasteiger partial charge on any atom is -0.469 e. The van der Waals surface area contributed by atoms with E-state index in [1.54, 1.807) is 16.9 Å². The van der Waals surface area contributed by atoms with Crippen molar-refractivity contribution in [2.24, 2.45) is 0 Å². The smallest absolute Gasteiger partial charge is 0.260 e. The minimum absolute atomic E-state index is 0.0736. The molecule has 2 N–H and O–H groups in total. The maximum Gasteiger partial charge on any atom is 0.260 e. The van der Waals surface area contributed by atoms with Gasteiger partial charge >= 0.3 is 0 Å². The number of aliphatic hydroxyl groups excluding tert-OH is 1. The maximum absolute atomic E-state index is 12.9. The average Bonchev–Trinajstić information content (AvgIpc) is 3.23. The number of nitrogens with one attached hydrogen (secondary N) is 1. The molecule has 0 bridgehead atoms. The van der Waals surface area contributed by atoms with Crippen LogP contribution in [-0.4, -0.2) is 37.8 Å². The van der Waals surface area contributed by atoms with Crippen LogP contribution in [0.1, 0.15) is 41.7 Å². The summed E-state index contributed by atoms with van der Waals surface area (Å²) in [6.07, 6.45) is 6.27. The molecule has 8 heteroatoms. The summed E-state index contributed by atoms with van der Waals surface area (Å²) in [5.41, 5.74) is 1.23. The van der Waals surface area contributed by atoms with Gasteiger partial charge in [0.25, 0.3) is 5.91 Å². The SMILES string of the molecule is O=C(NC1CCC(O)CC1)c1c(OCc2ccccn2)nn2ccsc12. The second-order valence-electron chi connectivity index (χ2n) is 6.42. The molecule has 4 rings (SSSR count). The second kappa shape index (κ2) is 7.43. The van der Waals surface area contributed by atoms with Crippen LogP contribution in [0.3, 0.4) is 0 Å². The number of ether oxygens (including phenoxy) is 1. The molecule has 136 valence electrons. The van der Waals surface area contributed by atoms with Crippen molar-refractivity contribution in [3.05, 3.63) is 47.2 Å². The van der Waals surface area contributed by atoms with Gasteiger partial charge in [-0.05, 0) is 37.8 Å². The first-order valence-corrected chi connectivity index (χ1v) is 9.56. The van der Waals surface area contributed by atoms with E-state index in [-0.39, 0.29) is 24.7 Å². The van der Waals surface area contributed by atoms with Crippen LogP contribution in [0.5, 0.6) is 5.88 Å². The molecule has 1 amide bonds. The zero-order chi connectivity index (χ0) is 17.9. The Kier molecular flexibility index (Phi) is 4.85. The molecule has 3 heterocycles. The van der Waals surface area contributed by atoms with Gasteiger partial charge in [-0.3, -0.25) is 9.78 Å². The van der Waals surface area contributed by atoms with Crippen molar-refractivity contribution in [2.75, 3.05) is 0 Å². The highest BCUT2D eigenvalue weighted by molar-refractivity contribution is 7.16. The quantitative estimate of drug-likeness (QED) is 0.718. The molecule has 0 aliphatic heterocycles. The van der Waals surface area contributed by atoms with Gasteiger partial charge in [-0.2, -0.15) is 0 Å². The Morgan fingerprint density at radius 2 is 2.19 bits per heavy atom. The Bertz CT molecular complexity index is 884. The van der Waals surface area contributed by atoms with Crippen molar-refractivity contribution in [2.45, 2.75) is 44.4 Å². The fraction of sp³-hybridized carbons (Fsp3) is 0.389. The van der Waals surface area contributed by atoms with Crippen molar-refractivity contribution >= 4 is 22.1 Å². The Labute approximate surface area is 154 Å². The third kappa shape index (κ3) is 3.56. The Hall–Kier alpha value is -2.45. The summed E-state index contributed by atoms with van der Waals surface area (Å²) >= 11 is 1.45. The molecule has 26 heavy (non-hydrogen) atoms. The largest absolute Gasteiger partial charge is 0.469 e. The lowest BCUT2D eigenvalue weighted by molar-refractivity contribution is 0.0865. The molecule has 0 saturated heterocycles. The van der Waals surface area contributed by atoms with Crippen LogP contribution in [0.2, 0.25) is 0 Å². The van der Waals surface area contributed by atoms with Crippen LogP contribution in [0.4, 0.5) is 0 Å². The summed E-state index contributed by atoms with van der Waals surface area (Å²) in [6.45, 7) is 0.252. The zero-order valence-electron chi connectivity index (χ0n) is 14.2. The minimum atomic E-state index is -0.249. The maximum atomic E-state index is 12.9. The molecule has 0 radical (unpaired) electrons. The van der Waals surface area contributed by atoms with Gasteiger partial charge < -0.3 is 15.2 Å². The van der Waals surface area contributed by atoms with Gasteiger partial charge in [0.15, 0.2) is 0 Å². The second-order valence-corrected chi connectivity index (χ2v) is 7.32. The first-order chi connectivity index (χ1) is 12.7. The van der Waals surface area contributed by atoms with Crippen LogP contribution in [0.15, 0.2) is 36.0 Å². The number of amides is 1. The molecule has 1 fully saturated rings. The van der Waals surface area contributed by atoms with Crippen LogP contribution >= 0.6 is 11.3 Å². The fourth-order valence-corrected chi connectivity index (χ4v) is 3.98. The number of pyridine rings is 1. The summed E-state index contributed by atoms with van der Waals surface area (Å²) in [7, 11) is 0. The number of thiazole rings is 1. The standard InChI is InChI=1S/C18H20N4O3S/c23-14-6-4-12(5-7-14)20-16(24)15-17(21-22-9-10-26-18(15)22)25-11-13-3-1-2-8-19-13/h1-3,8-10,12,14,23H,4-7,11H2,(H,20,24). The third-order valence-corrected chi connectivity index (χ3v) is 5.43. The Morgan fingerprint density at radius 3 is 2.96 bits per heavy atom. The van der Waals surface area contributed by atoms with Gasteiger partial charge in [0, 0.05) is 23.8 Å². The van der Waals surface area contributed by atoms with Gasteiger partial charge in [0.1, 0.15) is 17.0 Å². The highest BCUT2D eigenvalue weighted by Gasteiger charge is 2.26. The molecule has 0 spiro atoms. The van der Waals surface area contributed by atoms with Gasteiger partial charge in [0.2, 0.25) is 5.88 Å². The Balaban J connectivity index is 1.52. The number of aliphatic hydroxyl groups is 1. The van der Waals surface area contributed by atoms with E-state index in [0.29, 0.717) is 11.4 Å². The van der Waals surface area contributed by atoms with E-state index in [4.69, 9.17) is 4.74 Å². The van der Waals surface area contributed by atoms with Crippen LogP contribution in [0.25, 0.3) is 4.83 Å². The van der Waals surface area contributed by atoms with E-state index in [1.807, 2.05) is 23.6 Å². The van der Waals surface area contributed by atoms with Gasteiger partial charge in [-0.25, -0.2) is 4.52 Å². The molecular formula is C18H20N4O3S. The number of nitrogens with zero attached hydrogens (tertiary/aromatic N) is 3. The van der Waals surface area contributed by atoms with Crippen molar-refractivity contribution in [3.63, 3.8) is 0 Å². The molecule has 0 unspecified atom stereocenters. The predicted octanol–water partition coefficient (Wildman–Crippen LogP) is 2.40. The van der Waals surface area contributed by atoms with E-state index in [2.05, 4.69) is 15.4 Å². The number of carbonyl (C=O) groups is 1. The summed E-state index contributed by atoms with van der Waals surface area (Å²) < 4.78 is 7.47. The van der Waals surface area contributed by atoms with E-state index in [9.17, 15) is 9.90 Å². The van der Waals surface area contributed by atoms with Crippen LogP contribution < -0.4 is 10.1 Å². The lowest BCUT2D eigenvalue weighted by Crippen LogP contribution is -2.38. The lowest BCUT2D eigenvalue weighted by atomic mass is 9.93. The first-order valence-electron chi connectivity index (χ1n) is 8.68. The molecule has 1 aliphatic rings. The van der Waals surface area contributed by atoms with Crippen LogP contribution in [0, 0.1) is 0 Å². The summed E-state index contributed by atoms with van der Waals surface area (Å²) in [6, 6.07) is 5.67.